The van der Waals surface area contributed by atoms with Crippen molar-refractivity contribution in [3.63, 3.8) is 0 Å². The molecule has 0 aliphatic heterocycles. The van der Waals surface area contributed by atoms with Gasteiger partial charge in [0.15, 0.2) is 5.70 Å². The van der Waals surface area contributed by atoms with Crippen molar-refractivity contribution in [1.29, 1.82) is 5.41 Å². The molecule has 0 saturated carbocycles. The molecule has 2 aromatic rings. The summed E-state index contributed by atoms with van der Waals surface area (Å²) < 4.78 is 9.62. The molecule has 2 aromatic carbocycles. The SMILES string of the molecule is CO/C=C(\Nc1cc(-c2ccccc2)ccc1C=N)C(=O)OC. The van der Waals surface area contributed by atoms with Gasteiger partial charge in [-0.2, -0.15) is 0 Å². The summed E-state index contributed by atoms with van der Waals surface area (Å²) in [4.78, 5) is 11.8. The number of hydrogen-bond donors (Lipinski definition) is 2. The number of carbonyl (C=O) groups is 1. The van der Waals surface area contributed by atoms with Crippen LogP contribution in [-0.2, 0) is 14.3 Å². The number of hydrogen-bond acceptors (Lipinski definition) is 5. The fourth-order valence-electron chi connectivity index (χ4n) is 2.10. The van der Waals surface area contributed by atoms with Crippen molar-refractivity contribution in [1.82, 2.24) is 0 Å². The summed E-state index contributed by atoms with van der Waals surface area (Å²) in [7, 11) is 2.74. The van der Waals surface area contributed by atoms with E-state index in [0.717, 1.165) is 11.1 Å². The monoisotopic (exact) mass is 310 g/mol. The van der Waals surface area contributed by atoms with Crippen LogP contribution < -0.4 is 5.32 Å². The minimum Gasteiger partial charge on any atom is -0.502 e. The van der Waals surface area contributed by atoms with Gasteiger partial charge in [-0.3, -0.25) is 0 Å². The number of carbonyl (C=O) groups excluding carboxylic acids is 1. The Morgan fingerprint density at radius 2 is 1.83 bits per heavy atom. The molecule has 2 N–H and O–H groups in total. The van der Waals surface area contributed by atoms with Crippen LogP contribution in [0.2, 0.25) is 0 Å². The van der Waals surface area contributed by atoms with Gasteiger partial charge in [0.05, 0.1) is 14.2 Å². The van der Waals surface area contributed by atoms with Gasteiger partial charge in [0, 0.05) is 17.5 Å². The molecule has 118 valence electrons. The van der Waals surface area contributed by atoms with Crippen molar-refractivity contribution in [2.75, 3.05) is 19.5 Å². The first-order chi connectivity index (χ1) is 11.2. The Morgan fingerprint density at radius 1 is 1.09 bits per heavy atom. The Bertz CT molecular complexity index is 724. The molecule has 0 aromatic heterocycles. The zero-order valence-corrected chi connectivity index (χ0v) is 13.0. The highest BCUT2D eigenvalue weighted by molar-refractivity contribution is 5.95. The average molecular weight is 310 g/mol. The fraction of sp³-hybridized carbons (Fsp3) is 0.111. The molecule has 0 aliphatic carbocycles. The van der Waals surface area contributed by atoms with E-state index >= 15 is 0 Å². The van der Waals surface area contributed by atoms with E-state index in [9.17, 15) is 4.79 Å². The molecule has 0 radical (unpaired) electrons. The maximum Gasteiger partial charge on any atom is 0.357 e. The lowest BCUT2D eigenvalue weighted by Gasteiger charge is -2.13. The van der Waals surface area contributed by atoms with Gasteiger partial charge in [-0.05, 0) is 17.2 Å². The van der Waals surface area contributed by atoms with Crippen molar-refractivity contribution in [2.45, 2.75) is 0 Å². The van der Waals surface area contributed by atoms with E-state index in [4.69, 9.17) is 14.9 Å². The summed E-state index contributed by atoms with van der Waals surface area (Å²) in [6, 6.07) is 15.5. The Morgan fingerprint density at radius 3 is 2.43 bits per heavy atom. The molecular weight excluding hydrogens is 292 g/mol. The van der Waals surface area contributed by atoms with Crippen LogP contribution in [-0.4, -0.2) is 26.4 Å². The second-order valence-corrected chi connectivity index (χ2v) is 4.70. The van der Waals surface area contributed by atoms with Crippen LogP contribution >= 0.6 is 0 Å². The maximum atomic E-state index is 11.8. The molecule has 5 nitrogen and oxygen atoms in total. The van der Waals surface area contributed by atoms with Crippen LogP contribution in [0.15, 0.2) is 60.5 Å². The van der Waals surface area contributed by atoms with Gasteiger partial charge in [0.1, 0.15) is 6.26 Å². The largest absolute Gasteiger partial charge is 0.502 e. The van der Waals surface area contributed by atoms with Crippen LogP contribution in [0.4, 0.5) is 5.69 Å². The summed E-state index contributed by atoms with van der Waals surface area (Å²) >= 11 is 0. The van der Waals surface area contributed by atoms with E-state index in [1.165, 1.54) is 26.7 Å². The zero-order valence-electron chi connectivity index (χ0n) is 13.0. The summed E-state index contributed by atoms with van der Waals surface area (Å²) in [5.41, 5.74) is 3.44. The number of anilines is 1. The molecule has 5 heteroatoms. The van der Waals surface area contributed by atoms with Gasteiger partial charge in [0.2, 0.25) is 0 Å². The summed E-state index contributed by atoms with van der Waals surface area (Å²) in [6.45, 7) is 0. The van der Waals surface area contributed by atoms with Crippen molar-refractivity contribution in [2.24, 2.45) is 0 Å². The predicted molar refractivity (Wildman–Crippen MR) is 90.5 cm³/mol. The van der Waals surface area contributed by atoms with E-state index in [2.05, 4.69) is 5.32 Å². The minimum absolute atomic E-state index is 0.156. The van der Waals surface area contributed by atoms with Crippen LogP contribution in [0.1, 0.15) is 5.56 Å². The van der Waals surface area contributed by atoms with Crippen molar-refractivity contribution >= 4 is 17.9 Å². The lowest BCUT2D eigenvalue weighted by Crippen LogP contribution is -2.14. The smallest absolute Gasteiger partial charge is 0.357 e. The quantitative estimate of drug-likeness (QED) is 0.371. The maximum absolute atomic E-state index is 11.8. The Balaban J connectivity index is 2.42. The summed E-state index contributed by atoms with van der Waals surface area (Å²) in [5, 5.41) is 10.5. The molecule has 0 bridgehead atoms. The molecule has 0 saturated heterocycles. The molecule has 2 rings (SSSR count). The van der Waals surface area contributed by atoms with E-state index < -0.39 is 5.97 Å². The van der Waals surface area contributed by atoms with E-state index in [1.54, 1.807) is 0 Å². The molecule has 0 atom stereocenters. The third-order valence-electron chi connectivity index (χ3n) is 3.23. The first kappa shape index (κ1) is 16.3. The highest BCUT2D eigenvalue weighted by atomic mass is 16.5. The number of esters is 1. The second-order valence-electron chi connectivity index (χ2n) is 4.70. The lowest BCUT2D eigenvalue weighted by atomic mass is 10.0. The second kappa shape index (κ2) is 7.79. The standard InChI is InChI=1S/C18H18N2O3/c1-22-12-17(18(21)23-2)20-16-10-14(8-9-15(16)11-19)13-6-4-3-5-7-13/h3-12,19-20H,1-2H3/b17-12-,19-11?. The van der Waals surface area contributed by atoms with Gasteiger partial charge >= 0.3 is 5.97 Å². The predicted octanol–water partition coefficient (Wildman–Crippen LogP) is 3.42. The van der Waals surface area contributed by atoms with Crippen LogP contribution in [0.25, 0.3) is 11.1 Å². The number of ether oxygens (including phenoxy) is 2. The minimum atomic E-state index is -0.548. The van der Waals surface area contributed by atoms with Gasteiger partial charge in [-0.1, -0.05) is 42.5 Å². The van der Waals surface area contributed by atoms with E-state index in [0.29, 0.717) is 11.3 Å². The molecule has 0 spiro atoms. The number of methoxy groups -OCH3 is 2. The zero-order chi connectivity index (χ0) is 16.7. The van der Waals surface area contributed by atoms with Crippen LogP contribution in [0, 0.1) is 5.41 Å². The van der Waals surface area contributed by atoms with Gasteiger partial charge in [-0.25, -0.2) is 4.79 Å². The van der Waals surface area contributed by atoms with E-state index in [1.807, 2.05) is 48.5 Å². The highest BCUT2D eigenvalue weighted by Crippen LogP contribution is 2.26. The topological polar surface area (TPSA) is 71.4 Å². The molecule has 0 unspecified atom stereocenters. The van der Waals surface area contributed by atoms with Gasteiger partial charge in [-0.15, -0.1) is 0 Å². The third-order valence-corrected chi connectivity index (χ3v) is 3.23. The Hall–Kier alpha value is -3.08. The molecule has 0 fully saturated rings. The molecular formula is C18H18N2O3. The number of rotatable bonds is 6. The molecule has 0 amide bonds. The number of nitrogens with one attached hydrogen (secondary N) is 2. The molecule has 23 heavy (non-hydrogen) atoms. The van der Waals surface area contributed by atoms with Crippen molar-refractivity contribution in [3.8, 4) is 11.1 Å². The van der Waals surface area contributed by atoms with Crippen molar-refractivity contribution < 1.29 is 14.3 Å². The third kappa shape index (κ3) is 3.97. The summed E-state index contributed by atoms with van der Waals surface area (Å²) in [5.74, 6) is -0.548. The molecule has 0 heterocycles. The number of benzene rings is 2. The highest BCUT2D eigenvalue weighted by Gasteiger charge is 2.13. The first-order valence-electron chi connectivity index (χ1n) is 6.98. The van der Waals surface area contributed by atoms with Gasteiger partial charge < -0.3 is 20.2 Å². The normalized spacial score (nSPS) is 10.8. The van der Waals surface area contributed by atoms with E-state index in [-0.39, 0.29) is 5.70 Å². The van der Waals surface area contributed by atoms with Crippen LogP contribution in [0.5, 0.6) is 0 Å². The lowest BCUT2D eigenvalue weighted by molar-refractivity contribution is -0.136. The first-order valence-corrected chi connectivity index (χ1v) is 6.98. The molecule has 0 aliphatic rings. The summed E-state index contributed by atoms with van der Waals surface area (Å²) in [6.07, 6.45) is 2.49. The fourth-order valence-corrected chi connectivity index (χ4v) is 2.10. The Labute approximate surface area is 135 Å². The Kier molecular flexibility index (Phi) is 5.52. The van der Waals surface area contributed by atoms with Gasteiger partial charge in [0.25, 0.3) is 0 Å². The van der Waals surface area contributed by atoms with Crippen molar-refractivity contribution in [3.05, 3.63) is 66.1 Å². The average Bonchev–Trinajstić information content (AvgIpc) is 2.61. The van der Waals surface area contributed by atoms with Crippen LogP contribution in [0.3, 0.4) is 0 Å².